The second-order valence-electron chi connectivity index (χ2n) is 31.4. The second kappa shape index (κ2) is 52.9. The number of hydrogen-bond donors (Lipinski definition) is 25. The molecular weight excluding hydrogens is 1750 g/mol. The summed E-state index contributed by atoms with van der Waals surface area (Å²) < 4.78 is 0. The van der Waals surface area contributed by atoms with E-state index in [9.17, 15) is 156 Å². The van der Waals surface area contributed by atoms with Crippen LogP contribution in [-0.4, -0.2) is 295 Å². The lowest BCUT2D eigenvalue weighted by Crippen LogP contribution is -2.61. The van der Waals surface area contributed by atoms with Crippen molar-refractivity contribution in [2.45, 2.75) is 234 Å². The van der Waals surface area contributed by atoms with Crippen LogP contribution in [-0.2, 0) is 130 Å². The quantitative estimate of drug-likeness (QED) is 0.0198. The summed E-state index contributed by atoms with van der Waals surface area (Å²) in [7, 11) is 0. The number of nitrogens with one attached hydrogen (secondary N) is 14. The lowest BCUT2D eigenvalue weighted by molar-refractivity contribution is -0.145. The molecule has 49 nitrogen and oxygen atoms in total. The van der Waals surface area contributed by atoms with Crippen LogP contribution in [0.5, 0.6) is 5.75 Å². The monoisotopic (exact) mass is 1860 g/mol. The Hall–Kier alpha value is -15.2. The number of aromatic amines is 1. The number of carboxylic acid groups (broad SMARTS) is 9. The lowest BCUT2D eigenvalue weighted by atomic mass is 9.99. The Morgan fingerprint density at radius 2 is 0.773 bits per heavy atom. The molecule has 4 aromatic rings. The number of carbonyl (C=O) groups excluding carboxylic acids is 14. The standard InChI is InChI=1S/C83H108N16O33/c1-40(2)32-54(75(123)93-53(83(131)132)24-30-67(112)113)94-78(126)57(35-44-38-85-48-13-8-7-12-46(44)48)97-74(122)51(22-28-65(108)109)90-76(124)55(33-42-10-5-4-6-11-42)95-77(125)56(34-43-15-17-45(100)18-16-43)96-79(127)58(36-68(114)115)88-61(101)39-86-72(120)49(20-26-63(104)105)91-81(129)60-14-9-31-99(60)82(130)52(23-29-66(110)111)92-80(128)59(37-69(116)117)98-73(121)50(21-27-64(106)107)89-70(118)41(3)87-71(119)47(84)19-25-62(102)103/h4-8,10-13,15-18,38,40-41,47,49-60,85,100H,9,14,19-37,39,84H2,1-3H3,(H,86,120)(H,87,119)(H,88,101)(H,89,118)(H,90,124)(H,91,129)(H,92,128)(H,93,123)(H,94,126)(H,95,125)(H,96,127)(H,97,122)(H,98,121)(H,102,103)(H,104,105)(H,106,107)(H,108,109)(H,110,111)(H,112,113)(H,114,115)(H,116,117)(H,131,132)/t41-,47-,49-,50-,51-,52-,53-,54-,55-,56-,57-,58-,59-,60-/m0/s1. The number of aromatic nitrogens is 1. The number of carboxylic acids is 9. The fourth-order valence-corrected chi connectivity index (χ4v) is 13.6. The first kappa shape index (κ1) is 107. The molecule has 1 aliphatic heterocycles. The van der Waals surface area contributed by atoms with E-state index < -0.39 is 324 Å². The number of para-hydroxylation sites is 1. The molecule has 1 fully saturated rings. The molecule has 49 heteroatoms. The van der Waals surface area contributed by atoms with Gasteiger partial charge in [0.25, 0.3) is 0 Å². The molecule has 14 atom stereocenters. The van der Waals surface area contributed by atoms with Crippen molar-refractivity contribution < 1.29 is 161 Å². The van der Waals surface area contributed by atoms with Crippen LogP contribution in [0.4, 0.5) is 0 Å². The van der Waals surface area contributed by atoms with Gasteiger partial charge in [-0.2, -0.15) is 0 Å². The van der Waals surface area contributed by atoms with Crippen molar-refractivity contribution >= 4 is 147 Å². The number of phenolic OH excluding ortho intramolecular Hbond substituents is 1. The highest BCUT2D eigenvalue weighted by Crippen LogP contribution is 2.24. The Bertz CT molecular complexity index is 4870. The summed E-state index contributed by atoms with van der Waals surface area (Å²) in [5.74, 6) is -31.8. The molecule has 718 valence electrons. The van der Waals surface area contributed by atoms with Gasteiger partial charge in [-0.25, -0.2) is 4.79 Å². The molecule has 1 aromatic heterocycles. The van der Waals surface area contributed by atoms with E-state index in [2.05, 4.69) is 68.8 Å². The van der Waals surface area contributed by atoms with Crippen LogP contribution in [0.1, 0.15) is 147 Å². The van der Waals surface area contributed by atoms with Gasteiger partial charge in [0.1, 0.15) is 84.3 Å². The molecule has 1 saturated heterocycles. The van der Waals surface area contributed by atoms with Gasteiger partial charge in [-0.1, -0.05) is 74.5 Å². The smallest absolute Gasteiger partial charge is 0.326 e. The van der Waals surface area contributed by atoms with Gasteiger partial charge >= 0.3 is 53.7 Å². The van der Waals surface area contributed by atoms with Gasteiger partial charge in [0.15, 0.2) is 0 Å². The number of likely N-dealkylation sites (tertiary alicyclic amines) is 1. The van der Waals surface area contributed by atoms with Crippen LogP contribution >= 0.6 is 0 Å². The fourth-order valence-electron chi connectivity index (χ4n) is 13.6. The minimum Gasteiger partial charge on any atom is -0.508 e. The third kappa shape index (κ3) is 37.2. The van der Waals surface area contributed by atoms with Crippen LogP contribution in [0.25, 0.3) is 10.9 Å². The average molecular weight is 1860 g/mol. The predicted octanol–water partition coefficient (Wildman–Crippen LogP) is -4.56. The molecule has 0 radical (unpaired) electrons. The summed E-state index contributed by atoms with van der Waals surface area (Å²) in [4.78, 5) is 309. The Labute approximate surface area is 750 Å². The van der Waals surface area contributed by atoms with Gasteiger partial charge in [0, 0.05) is 81.4 Å². The maximum atomic E-state index is 15.0. The first-order valence-electron chi connectivity index (χ1n) is 41.5. The zero-order chi connectivity index (χ0) is 98.3. The Kier molecular flexibility index (Phi) is 43.0. The van der Waals surface area contributed by atoms with Gasteiger partial charge in [0.2, 0.25) is 82.7 Å². The van der Waals surface area contributed by atoms with E-state index in [-0.39, 0.29) is 55.9 Å². The second-order valence-corrected chi connectivity index (χ2v) is 31.4. The molecule has 2 heterocycles. The van der Waals surface area contributed by atoms with Crippen molar-refractivity contribution in [1.29, 1.82) is 0 Å². The molecule has 14 amide bonds. The summed E-state index contributed by atoms with van der Waals surface area (Å²) in [6.45, 7) is 2.89. The fraction of sp³-hybridized carbons (Fsp3) is 0.482. The lowest BCUT2D eigenvalue weighted by Gasteiger charge is -2.30. The van der Waals surface area contributed by atoms with Crippen molar-refractivity contribution in [3.8, 4) is 5.75 Å². The molecule has 26 N–H and O–H groups in total. The van der Waals surface area contributed by atoms with Crippen LogP contribution < -0.4 is 74.9 Å². The van der Waals surface area contributed by atoms with Gasteiger partial charge in [-0.3, -0.25) is 105 Å². The number of benzene rings is 3. The summed E-state index contributed by atoms with van der Waals surface area (Å²) in [5, 5.41) is 127. The van der Waals surface area contributed by atoms with E-state index in [1.807, 2.05) is 5.32 Å². The highest BCUT2D eigenvalue weighted by atomic mass is 16.4. The van der Waals surface area contributed by atoms with Crippen molar-refractivity contribution in [1.82, 2.24) is 79.0 Å². The molecule has 0 saturated carbocycles. The molecule has 132 heavy (non-hydrogen) atoms. The summed E-state index contributed by atoms with van der Waals surface area (Å²) in [6.07, 6.45) is -11.3. The highest BCUT2D eigenvalue weighted by molar-refractivity contribution is 6.02. The van der Waals surface area contributed by atoms with Crippen molar-refractivity contribution in [2.75, 3.05) is 13.1 Å². The molecule has 3 aromatic carbocycles. The first-order chi connectivity index (χ1) is 62.2. The number of phenols is 1. The average Bonchev–Trinajstić information content (AvgIpc) is 1.66. The normalized spacial score (nSPS) is 15.1. The third-order valence-corrected chi connectivity index (χ3v) is 20.4. The van der Waals surface area contributed by atoms with Crippen molar-refractivity contribution in [3.63, 3.8) is 0 Å². The Balaban J connectivity index is 1.38. The first-order valence-corrected chi connectivity index (χ1v) is 41.5. The molecular formula is C83H108N16O33. The van der Waals surface area contributed by atoms with E-state index >= 15 is 0 Å². The van der Waals surface area contributed by atoms with Gasteiger partial charge in [-0.05, 0) is 106 Å². The van der Waals surface area contributed by atoms with Gasteiger partial charge in [0.05, 0.1) is 25.4 Å². The third-order valence-electron chi connectivity index (χ3n) is 20.4. The molecule has 0 bridgehead atoms. The number of aromatic hydroxyl groups is 1. The van der Waals surface area contributed by atoms with E-state index in [1.54, 1.807) is 56.3 Å². The van der Waals surface area contributed by atoms with Crippen molar-refractivity contribution in [2.24, 2.45) is 11.7 Å². The molecule has 0 aliphatic carbocycles. The number of amides is 14. The molecule has 0 unspecified atom stereocenters. The maximum Gasteiger partial charge on any atom is 0.326 e. The van der Waals surface area contributed by atoms with E-state index in [0.29, 0.717) is 22.0 Å². The summed E-state index contributed by atoms with van der Waals surface area (Å²) >= 11 is 0. The minimum absolute atomic E-state index is 0.0190. The topological polar surface area (TPSA) is 796 Å². The van der Waals surface area contributed by atoms with Gasteiger partial charge in [-0.15, -0.1) is 0 Å². The predicted molar refractivity (Wildman–Crippen MR) is 451 cm³/mol. The van der Waals surface area contributed by atoms with Crippen LogP contribution in [0, 0.1) is 5.92 Å². The Morgan fingerprint density at radius 1 is 0.386 bits per heavy atom. The van der Waals surface area contributed by atoms with E-state index in [0.717, 1.165) is 11.8 Å². The van der Waals surface area contributed by atoms with Crippen LogP contribution in [0.3, 0.4) is 0 Å². The number of fused-ring (bicyclic) bond motifs is 1. The number of rotatable bonds is 58. The number of nitrogens with zero attached hydrogens (tertiary/aromatic N) is 1. The van der Waals surface area contributed by atoms with Gasteiger partial charge < -0.3 is 136 Å². The van der Waals surface area contributed by atoms with E-state index in [1.165, 1.54) is 42.6 Å². The van der Waals surface area contributed by atoms with E-state index in [4.69, 9.17) is 10.8 Å². The molecule has 1 aliphatic rings. The largest absolute Gasteiger partial charge is 0.508 e. The number of H-pyrrole nitrogens is 1. The Morgan fingerprint density at radius 3 is 1.27 bits per heavy atom. The molecule has 5 rings (SSSR count). The minimum atomic E-state index is -2.21. The summed E-state index contributed by atoms with van der Waals surface area (Å²) in [5.41, 5.74) is 7.20. The number of aliphatic carboxylic acids is 9. The molecule has 0 spiro atoms. The summed E-state index contributed by atoms with van der Waals surface area (Å²) in [6, 6.07) is -5.92. The number of nitrogens with two attached hydrogens (primary N) is 1. The van der Waals surface area contributed by atoms with Crippen LogP contribution in [0.15, 0.2) is 85.1 Å². The van der Waals surface area contributed by atoms with Crippen molar-refractivity contribution in [3.05, 3.63) is 102 Å². The maximum absolute atomic E-state index is 15.0. The number of hydrogen-bond acceptors (Lipinski definition) is 25. The highest BCUT2D eigenvalue weighted by Gasteiger charge is 2.43. The number of carbonyl (C=O) groups is 23. The SMILES string of the molecule is CC(C)C[C@H](NC(=O)[C@H](Cc1c[nH]c2ccccc12)NC(=O)[C@H](CCC(=O)O)NC(=O)[C@H](Cc1ccccc1)NC(=O)[C@H](Cc1ccc(O)cc1)NC(=O)[C@H](CC(=O)O)NC(=O)CNC(=O)[C@H](CCC(=O)O)NC(=O)[C@@H]1CCCN1C(=O)[C@H](CCC(=O)O)NC(=O)[C@H](CC(=O)O)NC(=O)[C@H](CCC(=O)O)NC(=O)[C@H](C)NC(=O)[C@@H](N)CCC(=O)O)C(=O)N[C@@H](CCC(=O)O)C(=O)O. The zero-order valence-corrected chi connectivity index (χ0v) is 71.7. The van der Waals surface area contributed by atoms with Crippen LogP contribution in [0.2, 0.25) is 0 Å². The zero-order valence-electron chi connectivity index (χ0n) is 71.7.